The van der Waals surface area contributed by atoms with Crippen LogP contribution in [0.3, 0.4) is 0 Å². The molecular weight excluding hydrogens is 278 g/mol. The van der Waals surface area contributed by atoms with Gasteiger partial charge in [0.2, 0.25) is 0 Å². The summed E-state index contributed by atoms with van der Waals surface area (Å²) < 4.78 is 5.85. The lowest BCUT2D eigenvalue weighted by Crippen LogP contribution is -2.16. The molecule has 0 saturated heterocycles. The summed E-state index contributed by atoms with van der Waals surface area (Å²) in [7, 11) is 0. The zero-order valence-corrected chi connectivity index (χ0v) is 14.2. The van der Waals surface area contributed by atoms with Crippen LogP contribution in [0, 0.1) is 20.8 Å². The van der Waals surface area contributed by atoms with Gasteiger partial charge in [-0.05, 0) is 80.4 Å². The highest BCUT2D eigenvalue weighted by Gasteiger charge is 2.18. The van der Waals surface area contributed by atoms with Crippen molar-refractivity contribution in [3.05, 3.63) is 50.7 Å². The van der Waals surface area contributed by atoms with Crippen LogP contribution in [0.25, 0.3) is 0 Å². The lowest BCUT2D eigenvalue weighted by atomic mass is 9.91. The van der Waals surface area contributed by atoms with Crippen LogP contribution in [0.4, 0.5) is 0 Å². The number of hydrogen-bond donors (Lipinski definition) is 1. The second kappa shape index (κ2) is 7.10. The van der Waals surface area contributed by atoms with E-state index in [0.29, 0.717) is 19.1 Å². The van der Waals surface area contributed by atoms with Gasteiger partial charge in [-0.25, -0.2) is 0 Å². The molecular formula is C18H25NOS. The van der Waals surface area contributed by atoms with E-state index in [9.17, 15) is 0 Å². The van der Waals surface area contributed by atoms with E-state index in [4.69, 9.17) is 10.5 Å². The third-order valence-electron chi connectivity index (χ3n) is 4.05. The lowest BCUT2D eigenvalue weighted by Gasteiger charge is -2.20. The second-order valence-corrected chi connectivity index (χ2v) is 6.57. The Kier molecular flexibility index (Phi) is 5.43. The van der Waals surface area contributed by atoms with Gasteiger partial charge in [0.1, 0.15) is 5.75 Å². The van der Waals surface area contributed by atoms with Crippen molar-refractivity contribution < 1.29 is 4.74 Å². The largest absolute Gasteiger partial charge is 0.494 e. The molecule has 1 aromatic carbocycles. The summed E-state index contributed by atoms with van der Waals surface area (Å²) in [5.41, 5.74) is 11.3. The van der Waals surface area contributed by atoms with Crippen LogP contribution >= 0.6 is 11.3 Å². The van der Waals surface area contributed by atoms with Gasteiger partial charge >= 0.3 is 0 Å². The Morgan fingerprint density at radius 2 is 1.86 bits per heavy atom. The SMILES string of the molecule is CCOc1cc(C)c(C)cc1C(CN)Cc1sccc1C. The van der Waals surface area contributed by atoms with E-state index in [0.717, 1.165) is 12.2 Å². The van der Waals surface area contributed by atoms with Crippen molar-refractivity contribution in [2.45, 2.75) is 40.0 Å². The Balaban J connectivity index is 2.36. The van der Waals surface area contributed by atoms with Gasteiger partial charge in [-0.2, -0.15) is 0 Å². The molecule has 1 aromatic heterocycles. The zero-order chi connectivity index (χ0) is 15.4. The molecule has 1 heterocycles. The molecule has 2 N–H and O–H groups in total. The number of benzene rings is 1. The maximum Gasteiger partial charge on any atom is 0.123 e. The Morgan fingerprint density at radius 1 is 1.14 bits per heavy atom. The van der Waals surface area contributed by atoms with Gasteiger partial charge in [0.15, 0.2) is 0 Å². The van der Waals surface area contributed by atoms with Gasteiger partial charge in [0, 0.05) is 10.8 Å². The minimum absolute atomic E-state index is 0.309. The molecule has 0 spiro atoms. The summed E-state index contributed by atoms with van der Waals surface area (Å²) in [6, 6.07) is 6.58. The maximum atomic E-state index is 6.07. The fourth-order valence-electron chi connectivity index (χ4n) is 2.57. The fourth-order valence-corrected chi connectivity index (χ4v) is 3.56. The standard InChI is InChI=1S/C18H25NOS/c1-5-20-17-9-14(4)13(3)8-16(17)15(11-19)10-18-12(2)6-7-21-18/h6-9,15H,5,10-11,19H2,1-4H3. The molecule has 114 valence electrons. The van der Waals surface area contributed by atoms with Crippen LogP contribution in [0.2, 0.25) is 0 Å². The number of nitrogens with two attached hydrogens (primary N) is 1. The lowest BCUT2D eigenvalue weighted by molar-refractivity contribution is 0.333. The zero-order valence-electron chi connectivity index (χ0n) is 13.4. The molecule has 0 radical (unpaired) electrons. The van der Waals surface area contributed by atoms with E-state index < -0.39 is 0 Å². The van der Waals surface area contributed by atoms with Crippen LogP contribution in [0.5, 0.6) is 5.75 Å². The third-order valence-corrected chi connectivity index (χ3v) is 5.10. The summed E-state index contributed by atoms with van der Waals surface area (Å²) >= 11 is 1.82. The molecule has 0 aliphatic rings. The van der Waals surface area contributed by atoms with Crippen molar-refractivity contribution in [3.8, 4) is 5.75 Å². The molecule has 1 atom stereocenters. The summed E-state index contributed by atoms with van der Waals surface area (Å²) in [6.07, 6.45) is 0.989. The van der Waals surface area contributed by atoms with Gasteiger partial charge in [-0.15, -0.1) is 11.3 Å². The number of aryl methyl sites for hydroxylation is 3. The maximum absolute atomic E-state index is 6.07. The normalized spacial score (nSPS) is 12.4. The van der Waals surface area contributed by atoms with E-state index in [1.807, 2.05) is 18.3 Å². The fraction of sp³-hybridized carbons (Fsp3) is 0.444. The molecule has 0 aliphatic carbocycles. The molecule has 2 nitrogen and oxygen atoms in total. The predicted octanol–water partition coefficient (Wildman–Crippen LogP) is 4.36. The number of thiophene rings is 1. The van der Waals surface area contributed by atoms with Crippen molar-refractivity contribution in [1.82, 2.24) is 0 Å². The van der Waals surface area contributed by atoms with E-state index in [1.165, 1.54) is 27.1 Å². The van der Waals surface area contributed by atoms with Crippen LogP contribution in [0.15, 0.2) is 23.6 Å². The molecule has 0 saturated carbocycles. The smallest absolute Gasteiger partial charge is 0.123 e. The highest BCUT2D eigenvalue weighted by molar-refractivity contribution is 7.10. The van der Waals surface area contributed by atoms with Crippen molar-refractivity contribution in [1.29, 1.82) is 0 Å². The first-order valence-electron chi connectivity index (χ1n) is 7.53. The summed E-state index contributed by atoms with van der Waals surface area (Å²) in [5, 5.41) is 2.15. The molecule has 2 rings (SSSR count). The first-order valence-corrected chi connectivity index (χ1v) is 8.41. The van der Waals surface area contributed by atoms with Crippen molar-refractivity contribution >= 4 is 11.3 Å². The molecule has 0 amide bonds. The van der Waals surface area contributed by atoms with E-state index in [-0.39, 0.29) is 0 Å². The van der Waals surface area contributed by atoms with Gasteiger partial charge < -0.3 is 10.5 Å². The third kappa shape index (κ3) is 3.66. The highest BCUT2D eigenvalue weighted by atomic mass is 32.1. The quantitative estimate of drug-likeness (QED) is 0.860. The minimum Gasteiger partial charge on any atom is -0.494 e. The van der Waals surface area contributed by atoms with Crippen LogP contribution in [-0.4, -0.2) is 13.2 Å². The van der Waals surface area contributed by atoms with Gasteiger partial charge in [-0.1, -0.05) is 6.07 Å². The topological polar surface area (TPSA) is 35.2 Å². The Bertz CT molecular complexity index is 603. The van der Waals surface area contributed by atoms with Crippen LogP contribution in [-0.2, 0) is 6.42 Å². The molecule has 3 heteroatoms. The molecule has 0 aliphatic heterocycles. The predicted molar refractivity (Wildman–Crippen MR) is 91.6 cm³/mol. The summed E-state index contributed by atoms with van der Waals surface area (Å²) in [4.78, 5) is 1.42. The van der Waals surface area contributed by atoms with Crippen LogP contribution in [0.1, 0.15) is 40.0 Å². The summed E-state index contributed by atoms with van der Waals surface area (Å²) in [5.74, 6) is 1.30. The monoisotopic (exact) mass is 303 g/mol. The highest BCUT2D eigenvalue weighted by Crippen LogP contribution is 2.33. The molecule has 21 heavy (non-hydrogen) atoms. The van der Waals surface area contributed by atoms with Gasteiger partial charge in [-0.3, -0.25) is 0 Å². The molecule has 0 bridgehead atoms. The summed E-state index contributed by atoms with van der Waals surface area (Å²) in [6.45, 7) is 9.80. The van der Waals surface area contributed by atoms with Crippen LogP contribution < -0.4 is 10.5 Å². The number of rotatable bonds is 6. The van der Waals surface area contributed by atoms with Crippen molar-refractivity contribution in [2.24, 2.45) is 5.73 Å². The van der Waals surface area contributed by atoms with Gasteiger partial charge in [0.25, 0.3) is 0 Å². The van der Waals surface area contributed by atoms with Crippen molar-refractivity contribution in [3.63, 3.8) is 0 Å². The number of ether oxygens (including phenoxy) is 1. The van der Waals surface area contributed by atoms with Gasteiger partial charge in [0.05, 0.1) is 6.61 Å². The number of hydrogen-bond acceptors (Lipinski definition) is 3. The van der Waals surface area contributed by atoms with Crippen molar-refractivity contribution in [2.75, 3.05) is 13.2 Å². The average molecular weight is 303 g/mol. The Hall–Kier alpha value is -1.32. The Morgan fingerprint density at radius 3 is 2.43 bits per heavy atom. The molecule has 1 unspecified atom stereocenters. The minimum atomic E-state index is 0.309. The first-order chi connectivity index (χ1) is 10.1. The average Bonchev–Trinajstić information content (AvgIpc) is 2.86. The van der Waals surface area contributed by atoms with E-state index in [1.54, 1.807) is 0 Å². The first kappa shape index (κ1) is 16.1. The van der Waals surface area contributed by atoms with E-state index in [2.05, 4.69) is 44.4 Å². The Labute approximate surface area is 132 Å². The second-order valence-electron chi connectivity index (χ2n) is 5.57. The molecule has 2 aromatic rings. The van der Waals surface area contributed by atoms with E-state index >= 15 is 0 Å². The molecule has 0 fully saturated rings.